The van der Waals surface area contributed by atoms with Gasteiger partial charge >= 0.3 is 0 Å². The van der Waals surface area contributed by atoms with Gasteiger partial charge in [0.15, 0.2) is 0 Å². The van der Waals surface area contributed by atoms with E-state index in [9.17, 15) is 19.2 Å². The van der Waals surface area contributed by atoms with E-state index < -0.39 is 23.1 Å². The third-order valence-electron chi connectivity index (χ3n) is 6.34. The van der Waals surface area contributed by atoms with Gasteiger partial charge in [-0.25, -0.2) is 0 Å². The molecule has 4 nitrogen and oxygen atoms in total. The van der Waals surface area contributed by atoms with Crippen molar-refractivity contribution in [3.63, 3.8) is 0 Å². The Morgan fingerprint density at radius 3 is 0.976 bits per heavy atom. The number of Topliss-reactive ketones (excluding diaryl/α,β-unsaturated/α-hetero) is 4. The molecule has 0 fully saturated rings. The lowest BCUT2D eigenvalue weighted by Crippen LogP contribution is -2.17. The topological polar surface area (TPSA) is 68.3 Å². The second kappa shape index (κ2) is 12.8. The fourth-order valence-corrected chi connectivity index (χ4v) is 4.07. The number of benzene rings is 5. The standard InChI is InChI=1S/C38H22O4/c39-35(31-22-18-29(19-23-31)16-14-27-8-3-1-4-9-27)37(41)33-12-7-13-34(26-33)38(42)36(40)32-24-20-30(21-25-32)17-15-28-10-5-2-6-11-28/h1-13,18-26H. The summed E-state index contributed by atoms with van der Waals surface area (Å²) >= 11 is 0. The highest BCUT2D eigenvalue weighted by molar-refractivity contribution is 6.51. The van der Waals surface area contributed by atoms with E-state index in [1.807, 2.05) is 60.7 Å². The van der Waals surface area contributed by atoms with Crippen LogP contribution in [0.4, 0.5) is 0 Å². The summed E-state index contributed by atoms with van der Waals surface area (Å²) in [4.78, 5) is 51.7. The summed E-state index contributed by atoms with van der Waals surface area (Å²) in [6, 6.07) is 37.5. The van der Waals surface area contributed by atoms with Crippen LogP contribution in [-0.2, 0) is 0 Å². The Kier molecular flexibility index (Phi) is 8.39. The van der Waals surface area contributed by atoms with Gasteiger partial charge in [0.05, 0.1) is 0 Å². The molecule has 0 heterocycles. The SMILES string of the molecule is O=C(C(=O)c1cccc(C(=O)C(=O)c2ccc(C#Cc3ccccc3)cc2)c1)c1ccc(C#Cc2ccccc2)cc1. The number of carbonyl (C=O) groups is 4. The van der Waals surface area contributed by atoms with Crippen LogP contribution < -0.4 is 0 Å². The molecule has 0 aromatic heterocycles. The lowest BCUT2D eigenvalue weighted by atomic mass is 9.96. The van der Waals surface area contributed by atoms with E-state index in [-0.39, 0.29) is 22.3 Å². The number of hydrogen-bond acceptors (Lipinski definition) is 4. The predicted octanol–water partition coefficient (Wildman–Crippen LogP) is 6.62. The highest BCUT2D eigenvalue weighted by Crippen LogP contribution is 2.15. The van der Waals surface area contributed by atoms with Crippen LogP contribution in [-0.4, -0.2) is 23.1 Å². The molecule has 0 radical (unpaired) electrons. The monoisotopic (exact) mass is 542 g/mol. The Labute approximate surface area is 243 Å². The quantitative estimate of drug-likeness (QED) is 0.137. The zero-order valence-electron chi connectivity index (χ0n) is 22.3. The molecule has 0 unspecified atom stereocenters. The number of ketones is 4. The minimum absolute atomic E-state index is 0.0260. The summed E-state index contributed by atoms with van der Waals surface area (Å²) in [6.07, 6.45) is 0. The Hall–Kier alpha value is -6.10. The minimum Gasteiger partial charge on any atom is -0.285 e. The first-order valence-electron chi connectivity index (χ1n) is 13.1. The molecule has 4 heteroatoms. The first-order valence-corrected chi connectivity index (χ1v) is 13.1. The van der Waals surface area contributed by atoms with Crippen LogP contribution in [0.5, 0.6) is 0 Å². The first kappa shape index (κ1) is 27.5. The second-order valence-electron chi connectivity index (χ2n) is 9.28. The lowest BCUT2D eigenvalue weighted by molar-refractivity contribution is 0.0812. The molecule has 0 aliphatic carbocycles. The minimum atomic E-state index is -0.776. The summed E-state index contributed by atoms with van der Waals surface area (Å²) in [7, 11) is 0. The molecule has 0 bridgehead atoms. The fraction of sp³-hybridized carbons (Fsp3) is 0. The van der Waals surface area contributed by atoms with E-state index in [0.29, 0.717) is 11.1 Å². The summed E-state index contributed by atoms with van der Waals surface area (Å²) in [5, 5.41) is 0. The van der Waals surface area contributed by atoms with Crippen LogP contribution in [0.15, 0.2) is 133 Å². The van der Waals surface area contributed by atoms with Crippen LogP contribution in [0.2, 0.25) is 0 Å². The highest BCUT2D eigenvalue weighted by atomic mass is 16.2. The van der Waals surface area contributed by atoms with Crippen LogP contribution >= 0.6 is 0 Å². The Bertz CT molecular complexity index is 1770. The van der Waals surface area contributed by atoms with E-state index >= 15 is 0 Å². The molecular weight excluding hydrogens is 520 g/mol. The average molecular weight is 543 g/mol. The van der Waals surface area contributed by atoms with Gasteiger partial charge in [-0.1, -0.05) is 78.3 Å². The summed E-state index contributed by atoms with van der Waals surface area (Å²) in [5.41, 5.74) is 3.59. The predicted molar refractivity (Wildman–Crippen MR) is 161 cm³/mol. The largest absolute Gasteiger partial charge is 0.285 e. The molecule has 5 aromatic rings. The lowest BCUT2D eigenvalue weighted by Gasteiger charge is -2.05. The van der Waals surface area contributed by atoms with Crippen LogP contribution in [0.3, 0.4) is 0 Å². The van der Waals surface area contributed by atoms with Crippen molar-refractivity contribution in [2.75, 3.05) is 0 Å². The summed E-state index contributed by atoms with van der Waals surface area (Å²) in [6.45, 7) is 0. The third kappa shape index (κ3) is 6.72. The second-order valence-corrected chi connectivity index (χ2v) is 9.28. The van der Waals surface area contributed by atoms with Crippen molar-refractivity contribution >= 4 is 23.1 Å². The number of hydrogen-bond donors (Lipinski definition) is 0. The Morgan fingerprint density at radius 2 is 0.619 bits per heavy atom. The smallest absolute Gasteiger partial charge is 0.233 e. The molecule has 0 saturated carbocycles. The zero-order chi connectivity index (χ0) is 29.3. The van der Waals surface area contributed by atoms with Gasteiger partial charge in [-0.05, 0) is 78.9 Å². The van der Waals surface area contributed by atoms with Crippen molar-refractivity contribution < 1.29 is 19.2 Å². The van der Waals surface area contributed by atoms with Crippen molar-refractivity contribution in [2.24, 2.45) is 0 Å². The van der Waals surface area contributed by atoms with E-state index in [1.54, 1.807) is 48.5 Å². The Balaban J connectivity index is 1.26. The molecule has 0 aliphatic rings. The third-order valence-corrected chi connectivity index (χ3v) is 6.34. The number of rotatable bonds is 6. The fourth-order valence-electron chi connectivity index (χ4n) is 4.07. The highest BCUT2D eigenvalue weighted by Gasteiger charge is 2.22. The van der Waals surface area contributed by atoms with E-state index in [1.165, 1.54) is 24.3 Å². The molecule has 0 saturated heterocycles. The van der Waals surface area contributed by atoms with Gasteiger partial charge in [0, 0.05) is 44.5 Å². The van der Waals surface area contributed by atoms with Crippen molar-refractivity contribution in [1.82, 2.24) is 0 Å². The van der Waals surface area contributed by atoms with E-state index in [0.717, 1.165) is 11.1 Å². The molecular formula is C38H22O4. The normalized spacial score (nSPS) is 9.90. The molecule has 198 valence electrons. The summed E-state index contributed by atoms with van der Waals surface area (Å²) in [5.74, 6) is 9.14. The maximum Gasteiger partial charge on any atom is 0.233 e. The molecule has 5 aromatic carbocycles. The van der Waals surface area contributed by atoms with Gasteiger partial charge in [0.2, 0.25) is 23.1 Å². The van der Waals surface area contributed by atoms with Gasteiger partial charge < -0.3 is 0 Å². The maximum absolute atomic E-state index is 13.0. The van der Waals surface area contributed by atoms with Gasteiger partial charge in [-0.3, -0.25) is 19.2 Å². The first-order chi connectivity index (χ1) is 20.5. The van der Waals surface area contributed by atoms with E-state index in [4.69, 9.17) is 0 Å². The van der Waals surface area contributed by atoms with Crippen molar-refractivity contribution in [2.45, 2.75) is 0 Å². The van der Waals surface area contributed by atoms with Crippen molar-refractivity contribution in [1.29, 1.82) is 0 Å². The van der Waals surface area contributed by atoms with Gasteiger partial charge in [-0.2, -0.15) is 0 Å². The molecule has 42 heavy (non-hydrogen) atoms. The molecule has 0 aliphatic heterocycles. The van der Waals surface area contributed by atoms with Crippen LogP contribution in [0.25, 0.3) is 0 Å². The summed E-state index contributed by atoms with van der Waals surface area (Å²) < 4.78 is 0. The molecule has 0 atom stereocenters. The maximum atomic E-state index is 13.0. The van der Waals surface area contributed by atoms with Gasteiger partial charge in [0.1, 0.15) is 0 Å². The van der Waals surface area contributed by atoms with E-state index in [2.05, 4.69) is 23.7 Å². The molecule has 5 rings (SSSR count). The van der Waals surface area contributed by atoms with Gasteiger partial charge in [0.25, 0.3) is 0 Å². The van der Waals surface area contributed by atoms with Gasteiger partial charge in [-0.15, -0.1) is 0 Å². The number of carbonyl (C=O) groups excluding carboxylic acids is 4. The molecule has 0 N–H and O–H groups in total. The molecule has 0 spiro atoms. The average Bonchev–Trinajstić information content (AvgIpc) is 3.06. The Morgan fingerprint density at radius 1 is 0.310 bits per heavy atom. The van der Waals surface area contributed by atoms with Crippen molar-refractivity contribution in [3.05, 3.63) is 178 Å². The van der Waals surface area contributed by atoms with Crippen LogP contribution in [0, 0.1) is 23.7 Å². The molecule has 0 amide bonds. The zero-order valence-corrected chi connectivity index (χ0v) is 22.3. The van der Waals surface area contributed by atoms with Crippen LogP contribution in [0.1, 0.15) is 63.7 Å². The van der Waals surface area contributed by atoms with Crippen molar-refractivity contribution in [3.8, 4) is 23.7 Å².